The molecule has 0 aliphatic heterocycles. The molecule has 152 valence electrons. The molecule has 0 spiro atoms. The Morgan fingerprint density at radius 3 is 2.43 bits per heavy atom. The van der Waals surface area contributed by atoms with E-state index >= 15 is 0 Å². The van der Waals surface area contributed by atoms with Gasteiger partial charge in [-0.05, 0) is 42.7 Å². The van der Waals surface area contributed by atoms with Gasteiger partial charge in [0.25, 0.3) is 0 Å². The summed E-state index contributed by atoms with van der Waals surface area (Å²) >= 11 is 0. The van der Waals surface area contributed by atoms with Crippen molar-refractivity contribution in [3.05, 3.63) is 67.1 Å². The molecule has 30 heavy (non-hydrogen) atoms. The van der Waals surface area contributed by atoms with Crippen LogP contribution < -0.4 is 10.1 Å². The number of nitrogens with one attached hydrogen (secondary N) is 1. The van der Waals surface area contributed by atoms with E-state index in [-0.39, 0.29) is 0 Å². The highest BCUT2D eigenvalue weighted by molar-refractivity contribution is 6.02. The maximum atomic E-state index is 5.33. The van der Waals surface area contributed by atoms with E-state index in [1.54, 1.807) is 13.4 Å². The molecule has 2 heterocycles. The first-order valence-corrected chi connectivity index (χ1v) is 10.7. The summed E-state index contributed by atoms with van der Waals surface area (Å²) in [4.78, 5) is 9.35. The summed E-state index contributed by atoms with van der Waals surface area (Å²) < 4.78 is 7.47. The van der Waals surface area contributed by atoms with Gasteiger partial charge in [-0.2, -0.15) is 0 Å². The molecule has 2 aromatic carbocycles. The van der Waals surface area contributed by atoms with Crippen molar-refractivity contribution in [2.24, 2.45) is 0 Å². The van der Waals surface area contributed by atoms with Crippen LogP contribution in [0.25, 0.3) is 27.8 Å². The Labute approximate surface area is 176 Å². The van der Waals surface area contributed by atoms with Gasteiger partial charge in [-0.3, -0.25) is 0 Å². The summed E-state index contributed by atoms with van der Waals surface area (Å²) in [5.41, 5.74) is 4.26. The van der Waals surface area contributed by atoms with E-state index in [4.69, 9.17) is 4.74 Å². The molecule has 0 atom stereocenters. The van der Waals surface area contributed by atoms with Crippen molar-refractivity contribution in [3.63, 3.8) is 0 Å². The fourth-order valence-corrected chi connectivity index (χ4v) is 4.39. The zero-order chi connectivity index (χ0) is 20.3. The molecule has 1 fully saturated rings. The fraction of sp³-hybridized carbons (Fsp3) is 0.280. The highest BCUT2D eigenvalue weighted by Gasteiger charge is 2.20. The van der Waals surface area contributed by atoms with Crippen LogP contribution in [-0.2, 0) is 0 Å². The van der Waals surface area contributed by atoms with Crippen molar-refractivity contribution in [1.29, 1.82) is 0 Å². The average Bonchev–Trinajstić information content (AvgIpc) is 3.21. The molecule has 1 saturated carbocycles. The van der Waals surface area contributed by atoms with Crippen LogP contribution >= 0.6 is 0 Å². The molecule has 0 radical (unpaired) electrons. The molecule has 5 nitrogen and oxygen atoms in total. The summed E-state index contributed by atoms with van der Waals surface area (Å²) in [6, 6.07) is 19.0. The van der Waals surface area contributed by atoms with Gasteiger partial charge in [0.2, 0.25) is 0 Å². The number of nitrogens with zero attached hydrogens (tertiary/aromatic N) is 3. The topological polar surface area (TPSA) is 52.0 Å². The van der Waals surface area contributed by atoms with Crippen molar-refractivity contribution >= 4 is 16.9 Å². The third kappa shape index (κ3) is 3.52. The number of hydrogen-bond acceptors (Lipinski definition) is 4. The minimum Gasteiger partial charge on any atom is -0.497 e. The van der Waals surface area contributed by atoms with Gasteiger partial charge in [0.05, 0.1) is 12.5 Å². The van der Waals surface area contributed by atoms with Crippen LogP contribution in [0.1, 0.15) is 32.1 Å². The second-order valence-electron chi connectivity index (χ2n) is 7.88. The third-order valence-electron chi connectivity index (χ3n) is 5.96. The lowest BCUT2D eigenvalue weighted by Gasteiger charge is -2.23. The molecule has 1 aliphatic carbocycles. The Morgan fingerprint density at radius 1 is 0.933 bits per heavy atom. The molecule has 5 rings (SSSR count). The highest BCUT2D eigenvalue weighted by atomic mass is 16.5. The SMILES string of the molecule is COc1ccc(-n2cc(-c3ccccc3)c3c(NC4CCCCC4)ncnc32)cc1. The number of methoxy groups -OCH3 is 1. The summed E-state index contributed by atoms with van der Waals surface area (Å²) in [7, 11) is 1.68. The van der Waals surface area contributed by atoms with Crippen molar-refractivity contribution < 1.29 is 4.74 Å². The minimum absolute atomic E-state index is 0.477. The normalized spacial score (nSPS) is 14.7. The third-order valence-corrected chi connectivity index (χ3v) is 5.96. The van der Waals surface area contributed by atoms with Crippen molar-refractivity contribution in [2.45, 2.75) is 38.1 Å². The summed E-state index contributed by atoms with van der Waals surface area (Å²) in [6.45, 7) is 0. The van der Waals surface area contributed by atoms with Crippen molar-refractivity contribution in [3.8, 4) is 22.6 Å². The van der Waals surface area contributed by atoms with Crippen LogP contribution in [0.3, 0.4) is 0 Å². The number of rotatable bonds is 5. The van der Waals surface area contributed by atoms with Gasteiger partial charge in [-0.1, -0.05) is 49.6 Å². The van der Waals surface area contributed by atoms with E-state index in [0.29, 0.717) is 6.04 Å². The molecule has 1 aliphatic rings. The second-order valence-corrected chi connectivity index (χ2v) is 7.88. The molecule has 0 bridgehead atoms. The lowest BCUT2D eigenvalue weighted by molar-refractivity contribution is 0.415. The maximum absolute atomic E-state index is 5.33. The molecule has 5 heteroatoms. The zero-order valence-electron chi connectivity index (χ0n) is 17.2. The molecule has 1 N–H and O–H groups in total. The van der Waals surface area contributed by atoms with E-state index in [1.165, 1.54) is 32.1 Å². The van der Waals surface area contributed by atoms with Gasteiger partial charge in [0, 0.05) is 23.5 Å². The molecule has 4 aromatic rings. The maximum Gasteiger partial charge on any atom is 0.150 e. The van der Waals surface area contributed by atoms with E-state index in [9.17, 15) is 0 Å². The van der Waals surface area contributed by atoms with Crippen LogP contribution in [-0.4, -0.2) is 27.7 Å². The molecule has 2 aromatic heterocycles. The quantitative estimate of drug-likeness (QED) is 0.459. The first-order chi connectivity index (χ1) is 14.8. The lowest BCUT2D eigenvalue weighted by Crippen LogP contribution is -2.23. The fourth-order valence-electron chi connectivity index (χ4n) is 4.39. The predicted octanol–water partition coefficient (Wildman–Crippen LogP) is 5.84. The number of hydrogen-bond donors (Lipinski definition) is 1. The molecule has 0 saturated heterocycles. The van der Waals surface area contributed by atoms with Crippen LogP contribution in [0, 0.1) is 0 Å². The van der Waals surface area contributed by atoms with Crippen LogP contribution in [0.5, 0.6) is 5.75 Å². The van der Waals surface area contributed by atoms with Gasteiger partial charge in [-0.15, -0.1) is 0 Å². The Hall–Kier alpha value is -3.34. The minimum atomic E-state index is 0.477. The Morgan fingerprint density at radius 2 is 1.70 bits per heavy atom. The van der Waals surface area contributed by atoms with E-state index < -0.39 is 0 Å². The molecular weight excluding hydrogens is 372 g/mol. The number of ether oxygens (including phenoxy) is 1. The predicted molar refractivity (Wildman–Crippen MR) is 121 cm³/mol. The Kier molecular flexibility index (Phi) is 5.10. The standard InChI is InChI=1S/C25H26N4O/c1-30-21-14-12-20(13-15-21)29-16-22(18-8-4-2-5-9-18)23-24(26-17-27-25(23)29)28-19-10-6-3-7-11-19/h2,4-5,8-9,12-17,19H,3,6-7,10-11H2,1H3,(H,26,27,28). The molecular formula is C25H26N4O. The van der Waals surface area contributed by atoms with Crippen molar-refractivity contribution in [2.75, 3.05) is 12.4 Å². The van der Waals surface area contributed by atoms with Gasteiger partial charge < -0.3 is 14.6 Å². The zero-order valence-corrected chi connectivity index (χ0v) is 17.2. The van der Waals surface area contributed by atoms with Gasteiger partial charge >= 0.3 is 0 Å². The first kappa shape index (κ1) is 18.7. The lowest BCUT2D eigenvalue weighted by atomic mass is 9.95. The van der Waals surface area contributed by atoms with Crippen LogP contribution in [0.4, 0.5) is 5.82 Å². The van der Waals surface area contributed by atoms with Crippen molar-refractivity contribution in [1.82, 2.24) is 14.5 Å². The van der Waals surface area contributed by atoms with Gasteiger partial charge in [0.15, 0.2) is 5.65 Å². The van der Waals surface area contributed by atoms with E-state index in [2.05, 4.69) is 62.4 Å². The van der Waals surface area contributed by atoms with Gasteiger partial charge in [0.1, 0.15) is 17.9 Å². The number of fused-ring (bicyclic) bond motifs is 1. The summed E-state index contributed by atoms with van der Waals surface area (Å²) in [5.74, 6) is 1.77. The number of benzene rings is 2. The van der Waals surface area contributed by atoms with Gasteiger partial charge in [-0.25, -0.2) is 9.97 Å². The largest absolute Gasteiger partial charge is 0.497 e. The van der Waals surface area contributed by atoms with Crippen LogP contribution in [0.15, 0.2) is 67.1 Å². The second kappa shape index (κ2) is 8.19. The van der Waals surface area contributed by atoms with E-state index in [0.717, 1.165) is 39.4 Å². The molecule has 0 amide bonds. The highest BCUT2D eigenvalue weighted by Crippen LogP contribution is 2.36. The average molecular weight is 399 g/mol. The smallest absolute Gasteiger partial charge is 0.150 e. The summed E-state index contributed by atoms with van der Waals surface area (Å²) in [5, 5.41) is 4.81. The molecule has 0 unspecified atom stereocenters. The number of anilines is 1. The monoisotopic (exact) mass is 398 g/mol. The van der Waals surface area contributed by atoms with E-state index in [1.807, 2.05) is 18.2 Å². The van der Waals surface area contributed by atoms with Crippen LogP contribution in [0.2, 0.25) is 0 Å². The first-order valence-electron chi connectivity index (χ1n) is 10.7. The Balaban J connectivity index is 1.67. The summed E-state index contributed by atoms with van der Waals surface area (Å²) in [6.07, 6.45) is 10.1. The number of aromatic nitrogens is 3. The Bertz CT molecular complexity index is 1130.